The van der Waals surface area contributed by atoms with Crippen molar-refractivity contribution in [2.45, 2.75) is 18.8 Å². The normalized spacial score (nSPS) is 12.9. The fraction of sp³-hybridized carbons (Fsp3) is 0.400. The molecular formula is C10H8F7N. The van der Waals surface area contributed by atoms with Gasteiger partial charge in [-0.1, -0.05) is 0 Å². The fourth-order valence-electron chi connectivity index (χ4n) is 1.45. The van der Waals surface area contributed by atoms with Gasteiger partial charge in [-0.05, 0) is 25.1 Å². The lowest BCUT2D eigenvalue weighted by atomic mass is 10.00. The van der Waals surface area contributed by atoms with Crippen molar-refractivity contribution in [2.24, 2.45) is 5.73 Å². The molecule has 102 valence electrons. The predicted molar refractivity (Wildman–Crippen MR) is 49.2 cm³/mol. The second kappa shape index (κ2) is 4.75. The molecule has 0 aliphatic heterocycles. The number of rotatable bonds is 2. The van der Waals surface area contributed by atoms with Gasteiger partial charge in [0.25, 0.3) is 0 Å². The lowest BCUT2D eigenvalue weighted by Crippen LogP contribution is -2.17. The molecule has 0 unspecified atom stereocenters. The Morgan fingerprint density at radius 3 is 1.89 bits per heavy atom. The molecule has 0 aliphatic rings. The van der Waals surface area contributed by atoms with Crippen molar-refractivity contribution >= 4 is 0 Å². The first-order valence-corrected chi connectivity index (χ1v) is 4.74. The van der Waals surface area contributed by atoms with Crippen molar-refractivity contribution in [3.8, 4) is 0 Å². The van der Waals surface area contributed by atoms with E-state index in [1.165, 1.54) is 0 Å². The van der Waals surface area contributed by atoms with Gasteiger partial charge in [0.15, 0.2) is 0 Å². The van der Waals surface area contributed by atoms with Crippen LogP contribution < -0.4 is 5.73 Å². The van der Waals surface area contributed by atoms with Gasteiger partial charge in [-0.3, -0.25) is 0 Å². The van der Waals surface area contributed by atoms with E-state index in [1.54, 1.807) is 0 Å². The summed E-state index contributed by atoms with van der Waals surface area (Å²) in [6.45, 7) is -0.300. The lowest BCUT2D eigenvalue weighted by molar-refractivity contribution is -0.143. The Morgan fingerprint density at radius 2 is 1.50 bits per heavy atom. The predicted octanol–water partition coefficient (Wildman–Crippen LogP) is 3.36. The quantitative estimate of drug-likeness (QED) is 0.823. The van der Waals surface area contributed by atoms with Crippen LogP contribution in [0.15, 0.2) is 12.1 Å². The van der Waals surface area contributed by atoms with Crippen molar-refractivity contribution in [2.75, 3.05) is 6.54 Å². The van der Waals surface area contributed by atoms with Crippen molar-refractivity contribution in [3.63, 3.8) is 0 Å². The van der Waals surface area contributed by atoms with E-state index in [1.807, 2.05) is 0 Å². The molecule has 1 aromatic rings. The minimum absolute atomic E-state index is 0.0419. The van der Waals surface area contributed by atoms with Crippen molar-refractivity contribution < 1.29 is 30.7 Å². The maximum Gasteiger partial charge on any atom is 0.416 e. The van der Waals surface area contributed by atoms with Gasteiger partial charge >= 0.3 is 12.4 Å². The maximum atomic E-state index is 13.3. The highest BCUT2D eigenvalue weighted by Crippen LogP contribution is 2.38. The third kappa shape index (κ3) is 3.12. The van der Waals surface area contributed by atoms with Crippen LogP contribution >= 0.6 is 0 Å². The van der Waals surface area contributed by atoms with Gasteiger partial charge in [-0.15, -0.1) is 0 Å². The average molecular weight is 275 g/mol. The highest BCUT2D eigenvalue weighted by Gasteiger charge is 2.39. The van der Waals surface area contributed by atoms with Gasteiger partial charge in [0.1, 0.15) is 5.82 Å². The highest BCUT2D eigenvalue weighted by molar-refractivity contribution is 5.37. The zero-order valence-corrected chi connectivity index (χ0v) is 8.79. The molecule has 0 heterocycles. The Bertz CT molecular complexity index is 433. The second-order valence-electron chi connectivity index (χ2n) is 3.52. The highest BCUT2D eigenvalue weighted by atomic mass is 19.4. The summed E-state index contributed by atoms with van der Waals surface area (Å²) in [6.07, 6.45) is -10.6. The molecule has 1 rings (SSSR count). The molecule has 0 aromatic heterocycles. The summed E-state index contributed by atoms with van der Waals surface area (Å²) >= 11 is 0. The van der Waals surface area contributed by atoms with Gasteiger partial charge in [0, 0.05) is 5.56 Å². The molecule has 0 spiro atoms. The number of hydrogen-bond donors (Lipinski definition) is 1. The number of halogens is 7. The minimum atomic E-state index is -5.06. The summed E-state index contributed by atoms with van der Waals surface area (Å²) in [5.41, 5.74) is 0.848. The Kier molecular flexibility index (Phi) is 3.89. The summed E-state index contributed by atoms with van der Waals surface area (Å²) < 4.78 is 87.8. The molecule has 0 fully saturated rings. The zero-order chi connectivity index (χ0) is 14.1. The third-order valence-corrected chi connectivity index (χ3v) is 2.22. The van der Waals surface area contributed by atoms with Crippen LogP contribution in [0.4, 0.5) is 30.7 Å². The molecule has 2 N–H and O–H groups in total. The number of nitrogens with two attached hydrogens (primary N) is 1. The Labute approximate surface area is 97.4 Å². The first-order valence-electron chi connectivity index (χ1n) is 4.74. The van der Waals surface area contributed by atoms with Gasteiger partial charge < -0.3 is 5.73 Å². The third-order valence-electron chi connectivity index (χ3n) is 2.22. The van der Waals surface area contributed by atoms with Crippen molar-refractivity contribution in [1.82, 2.24) is 0 Å². The van der Waals surface area contributed by atoms with Crippen LogP contribution in [0.3, 0.4) is 0 Å². The molecule has 0 aliphatic carbocycles. The van der Waals surface area contributed by atoms with Crippen LogP contribution in [-0.2, 0) is 18.8 Å². The number of hydrogen-bond acceptors (Lipinski definition) is 1. The van der Waals surface area contributed by atoms with Crippen LogP contribution in [0.1, 0.15) is 16.7 Å². The summed E-state index contributed by atoms with van der Waals surface area (Å²) in [5, 5.41) is 0. The SMILES string of the molecule is NCCc1c(F)cc(C(F)(F)F)cc1C(F)(F)F. The minimum Gasteiger partial charge on any atom is -0.330 e. The van der Waals surface area contributed by atoms with E-state index in [2.05, 4.69) is 0 Å². The zero-order valence-electron chi connectivity index (χ0n) is 8.79. The second-order valence-corrected chi connectivity index (χ2v) is 3.52. The summed E-state index contributed by atoms with van der Waals surface area (Å²) in [7, 11) is 0. The molecular weight excluding hydrogens is 267 g/mol. The van der Waals surface area contributed by atoms with E-state index >= 15 is 0 Å². The molecule has 0 amide bonds. The molecule has 0 saturated heterocycles. The van der Waals surface area contributed by atoms with Crippen molar-refractivity contribution in [3.05, 3.63) is 34.6 Å². The molecule has 1 aromatic carbocycles. The monoisotopic (exact) mass is 275 g/mol. The van der Waals surface area contributed by atoms with Gasteiger partial charge in [0.2, 0.25) is 0 Å². The van der Waals surface area contributed by atoms with Crippen molar-refractivity contribution in [1.29, 1.82) is 0 Å². The molecule has 0 radical (unpaired) electrons. The van der Waals surface area contributed by atoms with Crippen LogP contribution in [0, 0.1) is 5.82 Å². The van der Waals surface area contributed by atoms with E-state index < -0.39 is 41.3 Å². The average Bonchev–Trinajstić information content (AvgIpc) is 2.17. The standard InChI is InChI=1S/C10H8F7N/c11-8-4-5(9(12,13)14)3-7(10(15,16)17)6(8)1-2-18/h3-4H,1-2,18H2. The first-order chi connectivity index (χ1) is 8.07. The molecule has 1 nitrogen and oxygen atoms in total. The summed E-state index contributed by atoms with van der Waals surface area (Å²) in [4.78, 5) is 0. The van der Waals surface area contributed by atoms with E-state index in [0.29, 0.717) is 0 Å². The molecule has 18 heavy (non-hydrogen) atoms. The Balaban J connectivity index is 3.47. The largest absolute Gasteiger partial charge is 0.416 e. The molecule has 0 bridgehead atoms. The Morgan fingerprint density at radius 1 is 0.944 bits per heavy atom. The fourth-order valence-corrected chi connectivity index (χ4v) is 1.45. The maximum absolute atomic E-state index is 13.3. The number of alkyl halides is 6. The van der Waals surface area contributed by atoms with E-state index in [0.717, 1.165) is 0 Å². The van der Waals surface area contributed by atoms with E-state index in [-0.39, 0.29) is 18.7 Å². The van der Waals surface area contributed by atoms with Gasteiger partial charge in [0.05, 0.1) is 11.1 Å². The van der Waals surface area contributed by atoms with E-state index in [9.17, 15) is 30.7 Å². The molecule has 8 heteroatoms. The summed E-state index contributed by atoms with van der Waals surface area (Å²) in [6, 6.07) is -0.0612. The lowest BCUT2D eigenvalue weighted by Gasteiger charge is -2.16. The Hall–Kier alpha value is -1.31. The van der Waals surface area contributed by atoms with E-state index in [4.69, 9.17) is 5.73 Å². The van der Waals surface area contributed by atoms with Crippen LogP contribution in [0.25, 0.3) is 0 Å². The first kappa shape index (κ1) is 14.7. The summed E-state index contributed by atoms with van der Waals surface area (Å²) in [5.74, 6) is -1.55. The van der Waals surface area contributed by atoms with Gasteiger partial charge in [-0.25, -0.2) is 4.39 Å². The van der Waals surface area contributed by atoms with Crippen LogP contribution in [0.2, 0.25) is 0 Å². The molecule has 0 atom stereocenters. The van der Waals surface area contributed by atoms with Crippen LogP contribution in [-0.4, -0.2) is 6.54 Å². The number of benzene rings is 1. The topological polar surface area (TPSA) is 26.0 Å². The van der Waals surface area contributed by atoms with Gasteiger partial charge in [-0.2, -0.15) is 26.3 Å². The van der Waals surface area contributed by atoms with Crippen LogP contribution in [0.5, 0.6) is 0 Å². The smallest absolute Gasteiger partial charge is 0.330 e. The molecule has 0 saturated carbocycles.